The maximum absolute atomic E-state index is 13.5. The van der Waals surface area contributed by atoms with E-state index in [-0.39, 0.29) is 34.6 Å². The first-order valence-corrected chi connectivity index (χ1v) is 12.4. The number of carbonyl (C=O) groups is 1. The van der Waals surface area contributed by atoms with Crippen LogP contribution in [-0.4, -0.2) is 47.0 Å². The van der Waals surface area contributed by atoms with E-state index in [1.807, 2.05) is 13.8 Å². The van der Waals surface area contributed by atoms with Crippen LogP contribution in [0.1, 0.15) is 59.7 Å². The number of rotatable bonds is 7. The fraction of sp³-hybridized carbons (Fsp3) is 0.346. The minimum atomic E-state index is -2.83. The van der Waals surface area contributed by atoms with Crippen molar-refractivity contribution < 1.29 is 23.0 Å². The second-order valence-electron chi connectivity index (χ2n) is 8.43. The van der Waals surface area contributed by atoms with Gasteiger partial charge in [0.25, 0.3) is 12.3 Å². The molecule has 0 aliphatic heterocycles. The Morgan fingerprint density at radius 3 is 2.68 bits per heavy atom. The third-order valence-corrected chi connectivity index (χ3v) is 6.03. The lowest BCUT2D eigenvalue weighted by Crippen LogP contribution is -2.18. The van der Waals surface area contributed by atoms with Crippen molar-refractivity contribution in [3.05, 3.63) is 52.4 Å². The summed E-state index contributed by atoms with van der Waals surface area (Å²) in [5.41, 5.74) is 0.252. The second-order valence-corrected chi connectivity index (χ2v) is 9.46. The van der Waals surface area contributed by atoms with Crippen LogP contribution in [0.2, 0.25) is 0 Å². The van der Waals surface area contributed by atoms with Gasteiger partial charge in [-0.25, -0.2) is 18.7 Å². The van der Waals surface area contributed by atoms with Crippen molar-refractivity contribution in [2.24, 2.45) is 10.9 Å². The zero-order valence-corrected chi connectivity index (χ0v) is 21.5. The molecule has 0 aromatic carbocycles. The number of nitrogens with one attached hydrogen (secondary N) is 1. The average Bonchev–Trinajstić information content (AvgIpc) is 3.62. The van der Waals surface area contributed by atoms with Crippen molar-refractivity contribution in [3.8, 4) is 28.8 Å². The molecule has 0 saturated heterocycles. The molecule has 0 radical (unpaired) electrons. The van der Waals surface area contributed by atoms with Crippen molar-refractivity contribution >= 4 is 28.3 Å². The van der Waals surface area contributed by atoms with Crippen LogP contribution in [0.5, 0.6) is 5.75 Å². The Labute approximate surface area is 217 Å². The van der Waals surface area contributed by atoms with Gasteiger partial charge in [0.05, 0.1) is 41.7 Å². The molecule has 3 aromatic heterocycles. The highest BCUT2D eigenvalue weighted by molar-refractivity contribution is 7.16. The summed E-state index contributed by atoms with van der Waals surface area (Å²) in [6.07, 6.45) is 1.99. The maximum Gasteiger partial charge on any atom is 0.280 e. The molecule has 0 bridgehead atoms. The van der Waals surface area contributed by atoms with Gasteiger partial charge in [-0.05, 0) is 44.9 Å². The topological polar surface area (TPSA) is 98.6 Å². The third-order valence-electron chi connectivity index (χ3n) is 5.20. The lowest BCUT2D eigenvalue weighted by atomic mass is 10.0. The number of thiazole rings is 1. The number of halogens is 2. The number of hydrogen-bond donors (Lipinski definition) is 1. The van der Waals surface area contributed by atoms with Crippen molar-refractivity contribution in [1.29, 1.82) is 0 Å². The molecule has 37 heavy (non-hydrogen) atoms. The van der Waals surface area contributed by atoms with Crippen molar-refractivity contribution in [3.63, 3.8) is 0 Å². The van der Waals surface area contributed by atoms with Gasteiger partial charge >= 0.3 is 0 Å². The number of anilines is 1. The monoisotopic (exact) mass is 525 g/mol. The highest BCUT2D eigenvalue weighted by Crippen LogP contribution is 2.34. The number of amides is 1. The first-order chi connectivity index (χ1) is 17.8. The molecular formula is C26H25F2N5O3S. The summed E-state index contributed by atoms with van der Waals surface area (Å²) >= 11 is 1.25. The van der Waals surface area contributed by atoms with Gasteiger partial charge in [0, 0.05) is 18.5 Å². The fourth-order valence-electron chi connectivity index (χ4n) is 3.30. The first-order valence-electron chi connectivity index (χ1n) is 11.5. The number of alkyl halides is 2. The summed E-state index contributed by atoms with van der Waals surface area (Å²) in [6, 6.07) is 4.28. The van der Waals surface area contributed by atoms with E-state index < -0.39 is 18.0 Å². The number of hydrogen-bond acceptors (Lipinski definition) is 8. The van der Waals surface area contributed by atoms with Gasteiger partial charge in [-0.3, -0.25) is 20.1 Å². The highest BCUT2D eigenvalue weighted by Gasteiger charge is 2.23. The molecule has 4 rings (SSSR count). The fourth-order valence-corrected chi connectivity index (χ4v) is 3.97. The van der Waals surface area contributed by atoms with E-state index in [9.17, 15) is 13.6 Å². The third kappa shape index (κ3) is 6.46. The molecule has 8 nitrogen and oxygen atoms in total. The van der Waals surface area contributed by atoms with E-state index in [2.05, 4.69) is 37.1 Å². The van der Waals surface area contributed by atoms with Gasteiger partial charge in [-0.2, -0.15) is 0 Å². The van der Waals surface area contributed by atoms with E-state index in [0.717, 1.165) is 23.8 Å². The largest absolute Gasteiger partial charge is 0.494 e. The Bertz CT molecular complexity index is 1390. The predicted molar refractivity (Wildman–Crippen MR) is 137 cm³/mol. The summed E-state index contributed by atoms with van der Waals surface area (Å²) in [6.45, 7) is 3.68. The smallest absolute Gasteiger partial charge is 0.280 e. The van der Waals surface area contributed by atoms with Crippen molar-refractivity contribution in [2.75, 3.05) is 19.5 Å². The Morgan fingerprint density at radius 2 is 2.03 bits per heavy atom. The Morgan fingerprint density at radius 1 is 1.24 bits per heavy atom. The van der Waals surface area contributed by atoms with Crippen LogP contribution in [0.15, 0.2) is 35.6 Å². The van der Waals surface area contributed by atoms with Crippen LogP contribution in [0, 0.1) is 17.8 Å². The lowest BCUT2D eigenvalue weighted by molar-refractivity contribution is 0.102. The second kappa shape index (κ2) is 11.4. The number of carbonyl (C=O) groups excluding carboxylic acids is 1. The van der Waals surface area contributed by atoms with Crippen LogP contribution in [0.25, 0.3) is 11.3 Å². The standard InChI is InChI=1S/C26H25F2N5O3S/c1-14(2)36-25(29-3)19-10-9-17(22(32-19)18-11-20(23(27)28)30-13-21(18)35-4)24(34)33-26-31-12-16(37-26)8-7-15-5-6-15/h9-15,23H,5-6H2,1-4H3,(H,31,33,34). The maximum atomic E-state index is 13.5. The van der Waals surface area contributed by atoms with Gasteiger partial charge in [0.2, 0.25) is 5.90 Å². The molecule has 1 aliphatic carbocycles. The van der Waals surface area contributed by atoms with E-state index in [1.165, 1.54) is 30.7 Å². The molecule has 0 spiro atoms. The summed E-state index contributed by atoms with van der Waals surface area (Å²) in [7, 11) is 2.93. The Hall–Kier alpha value is -3.91. The minimum absolute atomic E-state index is 0.106. The van der Waals surface area contributed by atoms with Crippen molar-refractivity contribution in [1.82, 2.24) is 15.0 Å². The quantitative estimate of drug-likeness (QED) is 0.253. The number of nitrogens with zero attached hydrogens (tertiary/aromatic N) is 4. The van der Waals surface area contributed by atoms with Gasteiger partial charge < -0.3 is 9.47 Å². The molecule has 3 aromatic rings. The average molecular weight is 526 g/mol. The van der Waals surface area contributed by atoms with E-state index >= 15 is 0 Å². The van der Waals surface area contributed by atoms with Crippen LogP contribution >= 0.6 is 11.3 Å². The molecule has 1 N–H and O–H groups in total. The number of methoxy groups -OCH3 is 1. The number of pyridine rings is 2. The van der Waals surface area contributed by atoms with Crippen LogP contribution in [0.4, 0.5) is 13.9 Å². The molecule has 1 saturated carbocycles. The molecule has 1 aliphatic rings. The van der Waals surface area contributed by atoms with Crippen molar-refractivity contribution in [2.45, 2.75) is 39.2 Å². The molecule has 192 valence electrons. The molecule has 1 fully saturated rings. The Kier molecular flexibility index (Phi) is 8.08. The molecule has 1 amide bonds. The van der Waals surface area contributed by atoms with Gasteiger partial charge in [-0.1, -0.05) is 23.2 Å². The minimum Gasteiger partial charge on any atom is -0.494 e. The van der Waals surface area contributed by atoms with Crippen LogP contribution < -0.4 is 10.1 Å². The van der Waals surface area contributed by atoms with Gasteiger partial charge in [0.15, 0.2) is 5.13 Å². The Balaban J connectivity index is 1.76. The number of ether oxygens (including phenoxy) is 2. The van der Waals surface area contributed by atoms with E-state index in [1.54, 1.807) is 19.3 Å². The summed E-state index contributed by atoms with van der Waals surface area (Å²) in [5.74, 6) is 6.56. The highest BCUT2D eigenvalue weighted by atomic mass is 32.1. The van der Waals surface area contributed by atoms with Gasteiger partial charge in [0.1, 0.15) is 17.1 Å². The van der Waals surface area contributed by atoms with Gasteiger partial charge in [-0.15, -0.1) is 0 Å². The lowest BCUT2D eigenvalue weighted by Gasteiger charge is -2.16. The molecule has 11 heteroatoms. The first kappa shape index (κ1) is 26.2. The SMILES string of the molecule is CN=C(OC(C)C)c1ccc(C(=O)Nc2ncc(C#CC3CC3)s2)c(-c2cc(C(F)F)ncc2OC)n1. The predicted octanol–water partition coefficient (Wildman–Crippen LogP) is 5.36. The summed E-state index contributed by atoms with van der Waals surface area (Å²) in [4.78, 5) is 30.8. The zero-order valence-electron chi connectivity index (χ0n) is 20.7. The summed E-state index contributed by atoms with van der Waals surface area (Å²) in [5, 5.41) is 3.11. The van der Waals surface area contributed by atoms with Crippen LogP contribution in [0.3, 0.4) is 0 Å². The van der Waals surface area contributed by atoms with Crippen LogP contribution in [-0.2, 0) is 4.74 Å². The molecule has 0 unspecified atom stereocenters. The zero-order chi connectivity index (χ0) is 26.5. The molecular weight excluding hydrogens is 500 g/mol. The molecule has 3 heterocycles. The number of aliphatic imine (C=N–C) groups is 1. The summed E-state index contributed by atoms with van der Waals surface area (Å²) < 4.78 is 38.1. The molecule has 0 atom stereocenters. The normalized spacial score (nSPS) is 13.4. The van der Waals surface area contributed by atoms with E-state index in [4.69, 9.17) is 9.47 Å². The number of aromatic nitrogens is 3. The van der Waals surface area contributed by atoms with E-state index in [0.29, 0.717) is 16.7 Å².